The number of nitrogens with zero attached hydrogens (tertiary/aromatic N) is 1. The molecule has 20 heavy (non-hydrogen) atoms. The van der Waals surface area contributed by atoms with Crippen LogP contribution in [0.2, 0.25) is 0 Å². The summed E-state index contributed by atoms with van der Waals surface area (Å²) in [6, 6.07) is 0.523. The summed E-state index contributed by atoms with van der Waals surface area (Å²) in [5, 5.41) is 19.2. The maximum Gasteiger partial charge on any atom is 0.417 e. The molecule has 0 aliphatic rings. The van der Waals surface area contributed by atoms with Gasteiger partial charge in [-0.2, -0.15) is 13.2 Å². The molecule has 0 radical (unpaired) electrons. The third kappa shape index (κ3) is 3.58. The van der Waals surface area contributed by atoms with Gasteiger partial charge in [-0.3, -0.25) is 0 Å². The summed E-state index contributed by atoms with van der Waals surface area (Å²) in [6.45, 7) is 1.41. The SMILES string of the molecule is CCOC(=O)C(O)C(O)c1cc(C(F)(F)F)cnc1N. The minimum absolute atomic E-state index is 0.0566. The van der Waals surface area contributed by atoms with E-state index in [2.05, 4.69) is 9.72 Å². The second-order valence-corrected chi connectivity index (χ2v) is 3.84. The molecule has 0 aliphatic heterocycles. The maximum absolute atomic E-state index is 12.5. The highest BCUT2D eigenvalue weighted by molar-refractivity contribution is 5.75. The summed E-state index contributed by atoms with van der Waals surface area (Å²) in [5.74, 6) is -1.59. The number of carbonyl (C=O) groups is 1. The lowest BCUT2D eigenvalue weighted by Gasteiger charge is -2.19. The molecule has 1 aromatic rings. The number of aliphatic hydroxyl groups excluding tert-OH is 2. The number of esters is 1. The number of hydrogen-bond acceptors (Lipinski definition) is 6. The zero-order chi connectivity index (χ0) is 15.5. The third-order valence-electron chi connectivity index (χ3n) is 2.42. The topological polar surface area (TPSA) is 106 Å². The Hall–Kier alpha value is -1.87. The number of ether oxygens (including phenoxy) is 1. The molecule has 0 aliphatic carbocycles. The van der Waals surface area contributed by atoms with Crippen LogP contribution < -0.4 is 5.73 Å². The molecule has 0 bridgehead atoms. The van der Waals surface area contributed by atoms with Gasteiger partial charge >= 0.3 is 12.1 Å². The number of nitrogen functional groups attached to an aromatic ring is 1. The minimum Gasteiger partial charge on any atom is -0.464 e. The predicted molar refractivity (Wildman–Crippen MR) is 61.3 cm³/mol. The van der Waals surface area contributed by atoms with Gasteiger partial charge in [0.05, 0.1) is 12.2 Å². The van der Waals surface area contributed by atoms with E-state index in [1.165, 1.54) is 6.92 Å². The summed E-state index contributed by atoms with van der Waals surface area (Å²) >= 11 is 0. The molecule has 2 unspecified atom stereocenters. The lowest BCUT2D eigenvalue weighted by atomic mass is 10.0. The molecular weight excluding hydrogens is 281 g/mol. The van der Waals surface area contributed by atoms with Gasteiger partial charge in [0.1, 0.15) is 11.9 Å². The quantitative estimate of drug-likeness (QED) is 0.704. The first kappa shape index (κ1) is 16.2. The van der Waals surface area contributed by atoms with E-state index in [0.717, 1.165) is 0 Å². The first-order valence-corrected chi connectivity index (χ1v) is 5.53. The molecule has 1 rings (SSSR count). The van der Waals surface area contributed by atoms with Crippen molar-refractivity contribution in [3.05, 3.63) is 23.4 Å². The molecule has 0 saturated carbocycles. The van der Waals surface area contributed by atoms with Crippen LogP contribution in [0.15, 0.2) is 12.3 Å². The van der Waals surface area contributed by atoms with Crippen molar-refractivity contribution in [3.63, 3.8) is 0 Å². The van der Waals surface area contributed by atoms with Crippen LogP contribution in [-0.4, -0.2) is 33.9 Å². The molecule has 0 saturated heterocycles. The van der Waals surface area contributed by atoms with E-state index in [0.29, 0.717) is 12.3 Å². The fraction of sp³-hybridized carbons (Fsp3) is 0.455. The molecule has 0 fully saturated rings. The Morgan fingerprint density at radius 3 is 2.60 bits per heavy atom. The van der Waals surface area contributed by atoms with E-state index in [1.807, 2.05) is 0 Å². The van der Waals surface area contributed by atoms with Crippen LogP contribution in [0.4, 0.5) is 19.0 Å². The largest absolute Gasteiger partial charge is 0.464 e. The van der Waals surface area contributed by atoms with Crippen molar-refractivity contribution in [3.8, 4) is 0 Å². The van der Waals surface area contributed by atoms with Crippen molar-refractivity contribution >= 4 is 11.8 Å². The number of halogens is 3. The van der Waals surface area contributed by atoms with Crippen molar-refractivity contribution in [2.45, 2.75) is 25.3 Å². The van der Waals surface area contributed by atoms with E-state index in [-0.39, 0.29) is 6.61 Å². The fourth-order valence-corrected chi connectivity index (χ4v) is 1.41. The van der Waals surface area contributed by atoms with Gasteiger partial charge in [0, 0.05) is 11.8 Å². The number of hydrogen-bond donors (Lipinski definition) is 3. The molecule has 9 heteroatoms. The molecule has 0 aromatic carbocycles. The highest BCUT2D eigenvalue weighted by atomic mass is 19.4. The van der Waals surface area contributed by atoms with E-state index < -0.39 is 41.3 Å². The molecule has 0 spiro atoms. The van der Waals surface area contributed by atoms with Crippen LogP contribution in [0.3, 0.4) is 0 Å². The highest BCUT2D eigenvalue weighted by Gasteiger charge is 2.34. The summed E-state index contributed by atoms with van der Waals surface area (Å²) in [5.41, 5.74) is 3.69. The zero-order valence-corrected chi connectivity index (χ0v) is 10.4. The number of nitrogens with two attached hydrogens (primary N) is 1. The number of pyridine rings is 1. The van der Waals surface area contributed by atoms with E-state index in [9.17, 15) is 28.2 Å². The molecular formula is C11H13F3N2O4. The van der Waals surface area contributed by atoms with Crippen molar-refractivity contribution in [1.29, 1.82) is 0 Å². The number of aliphatic hydroxyl groups is 2. The summed E-state index contributed by atoms with van der Waals surface area (Å²) in [7, 11) is 0. The summed E-state index contributed by atoms with van der Waals surface area (Å²) < 4.78 is 42.0. The van der Waals surface area contributed by atoms with Crippen LogP contribution in [0.5, 0.6) is 0 Å². The lowest BCUT2D eigenvalue weighted by Crippen LogP contribution is -2.30. The summed E-state index contributed by atoms with van der Waals surface area (Å²) in [6.07, 6.45) is -8.22. The van der Waals surface area contributed by atoms with Crippen molar-refractivity contribution in [2.75, 3.05) is 12.3 Å². The van der Waals surface area contributed by atoms with E-state index in [4.69, 9.17) is 5.73 Å². The summed E-state index contributed by atoms with van der Waals surface area (Å²) in [4.78, 5) is 14.5. The Balaban J connectivity index is 3.09. The van der Waals surface area contributed by atoms with E-state index >= 15 is 0 Å². The maximum atomic E-state index is 12.5. The number of rotatable bonds is 4. The molecule has 2 atom stereocenters. The number of aromatic nitrogens is 1. The first-order chi connectivity index (χ1) is 9.18. The molecule has 6 nitrogen and oxygen atoms in total. The molecule has 112 valence electrons. The van der Waals surface area contributed by atoms with Crippen molar-refractivity contribution in [2.24, 2.45) is 0 Å². The Morgan fingerprint density at radius 2 is 2.10 bits per heavy atom. The Kier molecular flexibility index (Phi) is 4.90. The minimum atomic E-state index is -4.69. The van der Waals surface area contributed by atoms with E-state index in [1.54, 1.807) is 0 Å². The highest BCUT2D eigenvalue weighted by Crippen LogP contribution is 2.32. The van der Waals surface area contributed by atoms with Gasteiger partial charge in [-0.25, -0.2) is 9.78 Å². The normalized spacial score (nSPS) is 14.7. The fourth-order valence-electron chi connectivity index (χ4n) is 1.41. The van der Waals surface area contributed by atoms with Crippen LogP contribution in [0.25, 0.3) is 0 Å². The molecule has 1 heterocycles. The second kappa shape index (κ2) is 6.06. The molecule has 1 aromatic heterocycles. The van der Waals surface area contributed by atoms with Crippen LogP contribution >= 0.6 is 0 Å². The van der Waals surface area contributed by atoms with Gasteiger partial charge in [-0.05, 0) is 13.0 Å². The average Bonchev–Trinajstić information content (AvgIpc) is 2.36. The second-order valence-electron chi connectivity index (χ2n) is 3.84. The van der Waals surface area contributed by atoms with Crippen LogP contribution in [0.1, 0.15) is 24.2 Å². The van der Waals surface area contributed by atoms with Gasteiger partial charge in [-0.1, -0.05) is 0 Å². The van der Waals surface area contributed by atoms with Gasteiger partial charge in [0.2, 0.25) is 0 Å². The van der Waals surface area contributed by atoms with Crippen molar-refractivity contribution in [1.82, 2.24) is 4.98 Å². The lowest BCUT2D eigenvalue weighted by molar-refractivity contribution is -0.159. The molecule has 4 N–H and O–H groups in total. The average molecular weight is 294 g/mol. The predicted octanol–water partition coefficient (Wildman–Crippen LogP) is 0.640. The van der Waals surface area contributed by atoms with Gasteiger partial charge in [0.15, 0.2) is 6.10 Å². The van der Waals surface area contributed by atoms with Crippen molar-refractivity contribution < 1.29 is 32.9 Å². The number of carbonyl (C=O) groups excluding carboxylic acids is 1. The van der Waals surface area contributed by atoms with Gasteiger partial charge in [-0.15, -0.1) is 0 Å². The smallest absolute Gasteiger partial charge is 0.417 e. The Labute approximate surface area is 112 Å². The monoisotopic (exact) mass is 294 g/mol. The number of alkyl halides is 3. The first-order valence-electron chi connectivity index (χ1n) is 5.53. The Bertz CT molecular complexity index is 493. The van der Waals surface area contributed by atoms with Gasteiger partial charge < -0.3 is 20.7 Å². The number of anilines is 1. The Morgan fingerprint density at radius 1 is 1.50 bits per heavy atom. The standard InChI is InChI=1S/C11H13F3N2O4/c1-2-20-10(19)8(18)7(17)6-3-5(11(12,13)14)4-16-9(6)15/h3-4,7-8,17-18H,2H2,1H3,(H2,15,16). The zero-order valence-electron chi connectivity index (χ0n) is 10.4. The van der Waals surface area contributed by atoms with Gasteiger partial charge in [0.25, 0.3) is 0 Å². The molecule has 0 amide bonds. The third-order valence-corrected chi connectivity index (χ3v) is 2.42. The van der Waals surface area contributed by atoms with Crippen LogP contribution in [0, 0.1) is 0 Å². The van der Waals surface area contributed by atoms with Crippen LogP contribution in [-0.2, 0) is 15.7 Å².